The Bertz CT molecular complexity index is 924. The Hall–Kier alpha value is -3.02. The first kappa shape index (κ1) is 33.0. The molecule has 0 spiro atoms. The fourth-order valence-electron chi connectivity index (χ4n) is 1.96. The van der Waals surface area contributed by atoms with Crippen molar-refractivity contribution >= 4 is 55.4 Å². The second-order valence-corrected chi connectivity index (χ2v) is 8.09. The molecular weight excluding hydrogens is 596 g/mol. The Morgan fingerprint density at radius 3 is 1.33 bits per heavy atom. The van der Waals surface area contributed by atoms with Gasteiger partial charge in [-0.25, -0.2) is 9.59 Å². The van der Waals surface area contributed by atoms with Crippen molar-refractivity contribution in [2.24, 2.45) is 0 Å². The molecule has 0 unspecified atom stereocenters. The third-order valence-electron chi connectivity index (χ3n) is 3.44. The molecule has 36 heavy (non-hydrogen) atoms. The maximum Gasteiger partial charge on any atom is 0.411 e. The van der Waals surface area contributed by atoms with Crippen LogP contribution in [-0.2, 0) is 9.47 Å². The number of anilines is 2. The van der Waals surface area contributed by atoms with Gasteiger partial charge in [0.05, 0.1) is 26.4 Å². The van der Waals surface area contributed by atoms with Gasteiger partial charge in [-0.1, -0.05) is 43.7 Å². The van der Waals surface area contributed by atoms with Crippen LogP contribution in [0.4, 0.5) is 21.0 Å². The first-order chi connectivity index (χ1) is 17.4. The van der Waals surface area contributed by atoms with Crippen molar-refractivity contribution < 1.29 is 29.3 Å². The van der Waals surface area contributed by atoms with Crippen molar-refractivity contribution in [3.63, 3.8) is 0 Å². The minimum atomic E-state index is -0.426. The van der Waals surface area contributed by atoms with Gasteiger partial charge in [-0.05, 0) is 74.2 Å². The van der Waals surface area contributed by atoms with Crippen LogP contribution in [0.1, 0.15) is 26.7 Å². The van der Waals surface area contributed by atoms with Crippen LogP contribution < -0.4 is 10.6 Å². The summed E-state index contributed by atoms with van der Waals surface area (Å²) in [5, 5.41) is 21.7. The number of halogens is 2. The van der Waals surface area contributed by atoms with E-state index in [2.05, 4.69) is 66.2 Å². The number of hydrogen-bond acceptors (Lipinski definition) is 6. The van der Waals surface area contributed by atoms with Crippen LogP contribution >= 0.6 is 31.9 Å². The number of aliphatic hydroxyl groups excluding tert-OH is 2. The van der Waals surface area contributed by atoms with Crippen molar-refractivity contribution in [1.29, 1.82) is 0 Å². The lowest BCUT2D eigenvalue weighted by Gasteiger charge is -2.04. The number of amides is 2. The highest BCUT2D eigenvalue weighted by Crippen LogP contribution is 2.14. The molecule has 0 bridgehead atoms. The number of aliphatic hydroxyl groups is 2. The quantitative estimate of drug-likeness (QED) is 0.302. The van der Waals surface area contributed by atoms with E-state index in [1.54, 1.807) is 38.1 Å². The molecule has 8 nitrogen and oxygen atoms in total. The summed E-state index contributed by atoms with van der Waals surface area (Å²) in [5.41, 5.74) is 1.45. The van der Waals surface area contributed by atoms with Crippen molar-refractivity contribution in [1.82, 2.24) is 0 Å². The van der Waals surface area contributed by atoms with Crippen LogP contribution in [-0.4, -0.2) is 48.8 Å². The van der Waals surface area contributed by atoms with Crippen molar-refractivity contribution in [3.8, 4) is 23.7 Å². The lowest BCUT2D eigenvalue weighted by atomic mass is 10.3. The number of rotatable bonds is 6. The first-order valence-electron chi connectivity index (χ1n) is 10.9. The molecule has 2 amide bonds. The van der Waals surface area contributed by atoms with Gasteiger partial charge >= 0.3 is 12.2 Å². The molecule has 0 radical (unpaired) electrons. The number of hydrogen-bond donors (Lipinski definition) is 4. The summed E-state index contributed by atoms with van der Waals surface area (Å²) < 4.78 is 11.4. The third-order valence-corrected chi connectivity index (χ3v) is 4.50. The van der Waals surface area contributed by atoms with Gasteiger partial charge < -0.3 is 19.7 Å². The summed E-state index contributed by atoms with van der Waals surface area (Å²) in [6, 6.07) is 14.6. The topological polar surface area (TPSA) is 117 Å². The van der Waals surface area contributed by atoms with Gasteiger partial charge in [0.25, 0.3) is 0 Å². The second-order valence-electron chi connectivity index (χ2n) is 6.26. The molecule has 2 aromatic carbocycles. The molecule has 0 aromatic heterocycles. The lowest BCUT2D eigenvalue weighted by molar-refractivity contribution is 0.167. The molecule has 2 rings (SSSR count). The summed E-state index contributed by atoms with van der Waals surface area (Å²) in [6.07, 6.45) is 0.0800. The minimum Gasteiger partial charge on any atom is -0.450 e. The van der Waals surface area contributed by atoms with E-state index >= 15 is 0 Å². The van der Waals surface area contributed by atoms with E-state index in [1.165, 1.54) is 0 Å². The van der Waals surface area contributed by atoms with E-state index in [0.717, 1.165) is 20.3 Å². The summed E-state index contributed by atoms with van der Waals surface area (Å²) >= 11 is 6.60. The molecule has 194 valence electrons. The zero-order valence-electron chi connectivity index (χ0n) is 20.1. The predicted octanol–water partition coefficient (Wildman–Crippen LogP) is 5.79. The van der Waals surface area contributed by atoms with Crippen molar-refractivity contribution in [3.05, 3.63) is 57.5 Å². The standard InChI is InChI=1S/2C9H10BrNO2.C8H10O2/c2*1-2-13-9(12)11-8-5-3-7(10)4-6-8;9-7-5-3-1-2-4-6-8-10/h2*3-6H,2H2,1H3,(H,11,12);9-10H,5-8H2. The van der Waals surface area contributed by atoms with E-state index in [0.29, 0.717) is 26.1 Å². The Labute approximate surface area is 229 Å². The second kappa shape index (κ2) is 22.4. The fourth-order valence-corrected chi connectivity index (χ4v) is 2.49. The highest BCUT2D eigenvalue weighted by molar-refractivity contribution is 9.10. The van der Waals surface area contributed by atoms with Gasteiger partial charge in [0.15, 0.2) is 0 Å². The van der Waals surface area contributed by atoms with Crippen molar-refractivity contribution in [2.45, 2.75) is 26.7 Å². The highest BCUT2D eigenvalue weighted by Gasteiger charge is 2.01. The van der Waals surface area contributed by atoms with Gasteiger partial charge in [-0.2, -0.15) is 0 Å². The molecule has 0 fully saturated rings. The summed E-state index contributed by atoms with van der Waals surface area (Å²) in [5.74, 6) is 10.4. The average Bonchev–Trinajstić information content (AvgIpc) is 2.85. The van der Waals surface area contributed by atoms with Crippen LogP contribution in [0.15, 0.2) is 57.5 Å². The normalized spacial score (nSPS) is 8.72. The van der Waals surface area contributed by atoms with Crippen molar-refractivity contribution in [2.75, 3.05) is 37.1 Å². The lowest BCUT2D eigenvalue weighted by Crippen LogP contribution is -2.12. The zero-order chi connectivity index (χ0) is 27.0. The van der Waals surface area contributed by atoms with Gasteiger partial charge in [0, 0.05) is 33.2 Å². The zero-order valence-corrected chi connectivity index (χ0v) is 23.3. The van der Waals surface area contributed by atoms with E-state index in [4.69, 9.17) is 19.7 Å². The number of benzene rings is 2. The number of carbonyl (C=O) groups excluding carboxylic acids is 2. The van der Waals surface area contributed by atoms with E-state index < -0.39 is 12.2 Å². The summed E-state index contributed by atoms with van der Waals surface area (Å²) in [6.45, 7) is 4.44. The Morgan fingerprint density at radius 2 is 1.06 bits per heavy atom. The predicted molar refractivity (Wildman–Crippen MR) is 149 cm³/mol. The Morgan fingerprint density at radius 1 is 0.722 bits per heavy atom. The number of ether oxygens (including phenoxy) is 2. The molecule has 0 aliphatic carbocycles. The number of nitrogens with one attached hydrogen (secondary N) is 2. The maximum atomic E-state index is 11.0. The molecule has 2 aromatic rings. The molecule has 0 saturated heterocycles. The smallest absolute Gasteiger partial charge is 0.411 e. The van der Waals surface area contributed by atoms with Crippen LogP contribution in [0.2, 0.25) is 0 Å². The van der Waals surface area contributed by atoms with Crippen LogP contribution in [0.5, 0.6) is 0 Å². The molecule has 0 saturated carbocycles. The molecule has 0 atom stereocenters. The molecule has 10 heteroatoms. The van der Waals surface area contributed by atoms with Gasteiger partial charge in [-0.15, -0.1) is 0 Å². The highest BCUT2D eigenvalue weighted by atomic mass is 79.9. The average molecular weight is 626 g/mol. The van der Waals surface area contributed by atoms with Crippen LogP contribution in [0, 0.1) is 23.7 Å². The molecule has 0 aliphatic heterocycles. The minimum absolute atomic E-state index is 0.0781. The monoisotopic (exact) mass is 624 g/mol. The first-order valence-corrected chi connectivity index (χ1v) is 12.5. The fraction of sp³-hybridized carbons (Fsp3) is 0.308. The van der Waals surface area contributed by atoms with Gasteiger partial charge in [0.2, 0.25) is 0 Å². The SMILES string of the molecule is CCOC(=O)Nc1ccc(Br)cc1.CCOC(=O)Nc1ccc(Br)cc1.OCCC#CC#CCCO. The van der Waals surface area contributed by atoms with E-state index in [9.17, 15) is 9.59 Å². The number of carbonyl (C=O) groups is 2. The van der Waals surface area contributed by atoms with Crippen LogP contribution in [0.25, 0.3) is 0 Å². The largest absolute Gasteiger partial charge is 0.450 e. The molecular formula is C26H30Br2N2O6. The van der Waals surface area contributed by atoms with Crippen LogP contribution in [0.3, 0.4) is 0 Å². The Kier molecular flexibility index (Phi) is 20.6. The third kappa shape index (κ3) is 19.3. The summed E-state index contributed by atoms with van der Waals surface area (Å²) in [4.78, 5) is 21.9. The summed E-state index contributed by atoms with van der Waals surface area (Å²) in [7, 11) is 0. The maximum absolute atomic E-state index is 11.0. The van der Waals surface area contributed by atoms with Gasteiger partial charge in [0.1, 0.15) is 0 Å². The van der Waals surface area contributed by atoms with E-state index in [1.807, 2.05) is 24.3 Å². The van der Waals surface area contributed by atoms with E-state index in [-0.39, 0.29) is 13.2 Å². The molecule has 0 aliphatic rings. The molecule has 4 N–H and O–H groups in total. The van der Waals surface area contributed by atoms with Gasteiger partial charge in [-0.3, -0.25) is 10.6 Å². The molecule has 0 heterocycles. The Balaban J connectivity index is 0.000000517.